The maximum atomic E-state index is 12.1. The summed E-state index contributed by atoms with van der Waals surface area (Å²) in [5.41, 5.74) is 5.62. The van der Waals surface area contributed by atoms with Crippen molar-refractivity contribution in [3.8, 4) is 0 Å². The molecular weight excluding hydrogens is 252 g/mol. The summed E-state index contributed by atoms with van der Waals surface area (Å²) in [4.78, 5) is 16.3. The Morgan fingerprint density at radius 2 is 2.10 bits per heavy atom. The molecule has 0 aliphatic heterocycles. The van der Waals surface area contributed by atoms with Gasteiger partial charge < -0.3 is 5.73 Å². The van der Waals surface area contributed by atoms with Crippen molar-refractivity contribution in [3.05, 3.63) is 12.2 Å². The Balaban J connectivity index is 2.44. The van der Waals surface area contributed by atoms with Gasteiger partial charge in [-0.2, -0.15) is 5.10 Å². The second-order valence-corrected chi connectivity index (χ2v) is 5.70. The number of ketones is 1. The standard InChI is InChI=1S/C15H28N4O/c1-4-5-13(8-9-16)6-7-14(20)10-15-17-11-18-19(15)12(2)3/h11-13H,4-10,16H2,1-3H3. The van der Waals surface area contributed by atoms with Crippen molar-refractivity contribution in [2.45, 2.75) is 65.3 Å². The number of nitrogens with two attached hydrogens (primary N) is 1. The van der Waals surface area contributed by atoms with E-state index in [-0.39, 0.29) is 11.8 Å². The number of nitrogens with zero attached hydrogens (tertiary/aromatic N) is 3. The van der Waals surface area contributed by atoms with Crippen LogP contribution in [0.4, 0.5) is 0 Å². The number of hydrogen-bond donors (Lipinski definition) is 1. The summed E-state index contributed by atoms with van der Waals surface area (Å²) in [7, 11) is 0. The Morgan fingerprint density at radius 3 is 2.70 bits per heavy atom. The monoisotopic (exact) mass is 280 g/mol. The molecule has 5 nitrogen and oxygen atoms in total. The molecule has 0 amide bonds. The lowest BCUT2D eigenvalue weighted by Crippen LogP contribution is -2.15. The molecule has 0 bridgehead atoms. The van der Waals surface area contributed by atoms with Crippen LogP contribution in [0.3, 0.4) is 0 Å². The minimum Gasteiger partial charge on any atom is -0.330 e. The van der Waals surface area contributed by atoms with Gasteiger partial charge in [-0.05, 0) is 39.2 Å². The Morgan fingerprint density at radius 1 is 1.35 bits per heavy atom. The highest BCUT2D eigenvalue weighted by atomic mass is 16.1. The van der Waals surface area contributed by atoms with E-state index in [0.29, 0.717) is 25.3 Å². The van der Waals surface area contributed by atoms with E-state index in [0.717, 1.165) is 31.5 Å². The van der Waals surface area contributed by atoms with Gasteiger partial charge in [-0.3, -0.25) is 4.79 Å². The minimum absolute atomic E-state index is 0.241. The highest BCUT2D eigenvalue weighted by Gasteiger charge is 2.14. The Kier molecular flexibility index (Phi) is 7.44. The van der Waals surface area contributed by atoms with Crippen molar-refractivity contribution in [1.29, 1.82) is 0 Å². The van der Waals surface area contributed by atoms with Gasteiger partial charge in [0.05, 0.1) is 6.42 Å². The molecule has 0 fully saturated rings. The predicted octanol–water partition coefficient (Wildman–Crippen LogP) is 2.52. The van der Waals surface area contributed by atoms with Crippen LogP contribution in [0.1, 0.15) is 64.7 Å². The molecule has 114 valence electrons. The molecule has 1 heterocycles. The molecule has 1 unspecified atom stereocenters. The van der Waals surface area contributed by atoms with E-state index in [1.807, 2.05) is 18.5 Å². The fourth-order valence-electron chi connectivity index (χ4n) is 2.54. The largest absolute Gasteiger partial charge is 0.330 e. The van der Waals surface area contributed by atoms with Gasteiger partial charge in [0.1, 0.15) is 17.9 Å². The lowest BCUT2D eigenvalue weighted by molar-refractivity contribution is -0.118. The van der Waals surface area contributed by atoms with E-state index in [1.54, 1.807) is 0 Å². The zero-order valence-electron chi connectivity index (χ0n) is 13.0. The summed E-state index contributed by atoms with van der Waals surface area (Å²) < 4.78 is 1.82. The van der Waals surface area contributed by atoms with Gasteiger partial charge >= 0.3 is 0 Å². The van der Waals surface area contributed by atoms with Crippen molar-refractivity contribution < 1.29 is 4.79 Å². The van der Waals surface area contributed by atoms with Crippen LogP contribution in [-0.4, -0.2) is 27.1 Å². The van der Waals surface area contributed by atoms with E-state index < -0.39 is 0 Å². The highest BCUT2D eigenvalue weighted by Crippen LogP contribution is 2.18. The molecule has 1 aromatic heterocycles. The third-order valence-electron chi connectivity index (χ3n) is 3.59. The number of Topliss-reactive ketones (excluding diaryl/α,β-unsaturated/α-hetero) is 1. The molecule has 0 aliphatic carbocycles. The third-order valence-corrected chi connectivity index (χ3v) is 3.59. The fourth-order valence-corrected chi connectivity index (χ4v) is 2.54. The van der Waals surface area contributed by atoms with Gasteiger partial charge in [0.25, 0.3) is 0 Å². The molecule has 1 atom stereocenters. The number of rotatable bonds is 10. The molecule has 2 N–H and O–H groups in total. The summed E-state index contributed by atoms with van der Waals surface area (Å²) in [6.07, 6.45) is 6.81. The molecule has 0 saturated heterocycles. The van der Waals surface area contributed by atoms with Crippen molar-refractivity contribution in [2.75, 3.05) is 6.54 Å². The molecular formula is C15H28N4O. The smallest absolute Gasteiger partial charge is 0.140 e. The van der Waals surface area contributed by atoms with Crippen LogP contribution < -0.4 is 5.73 Å². The van der Waals surface area contributed by atoms with Gasteiger partial charge in [-0.15, -0.1) is 0 Å². The summed E-state index contributed by atoms with van der Waals surface area (Å²) >= 11 is 0. The molecule has 0 aromatic carbocycles. The molecule has 0 spiro atoms. The van der Waals surface area contributed by atoms with E-state index in [4.69, 9.17) is 5.73 Å². The molecule has 5 heteroatoms. The van der Waals surface area contributed by atoms with E-state index in [1.165, 1.54) is 6.33 Å². The number of hydrogen-bond acceptors (Lipinski definition) is 4. The fraction of sp³-hybridized carbons (Fsp3) is 0.800. The Labute approximate surface area is 122 Å². The van der Waals surface area contributed by atoms with Crippen LogP contribution in [-0.2, 0) is 11.2 Å². The average molecular weight is 280 g/mol. The average Bonchev–Trinajstić information content (AvgIpc) is 2.84. The number of carbonyl (C=O) groups is 1. The van der Waals surface area contributed by atoms with Gasteiger partial charge in [0.15, 0.2) is 0 Å². The lowest BCUT2D eigenvalue weighted by Gasteiger charge is -2.14. The minimum atomic E-state index is 0.241. The van der Waals surface area contributed by atoms with Crippen LogP contribution in [0.15, 0.2) is 6.33 Å². The number of carbonyl (C=O) groups excluding carboxylic acids is 1. The second kappa shape index (κ2) is 8.84. The zero-order valence-corrected chi connectivity index (χ0v) is 13.0. The first kappa shape index (κ1) is 16.8. The molecule has 0 radical (unpaired) electrons. The first-order valence-corrected chi connectivity index (χ1v) is 7.68. The van der Waals surface area contributed by atoms with Gasteiger partial charge in [-0.1, -0.05) is 19.8 Å². The van der Waals surface area contributed by atoms with Gasteiger partial charge in [0, 0.05) is 12.5 Å². The highest BCUT2D eigenvalue weighted by molar-refractivity contribution is 5.80. The maximum absolute atomic E-state index is 12.1. The quantitative estimate of drug-likeness (QED) is 0.714. The van der Waals surface area contributed by atoms with Crippen molar-refractivity contribution >= 4 is 5.78 Å². The molecule has 0 saturated carbocycles. The summed E-state index contributed by atoms with van der Waals surface area (Å²) in [5, 5.41) is 4.16. The normalized spacial score (nSPS) is 12.8. The summed E-state index contributed by atoms with van der Waals surface area (Å²) in [6, 6.07) is 0.241. The first-order chi connectivity index (χ1) is 9.58. The molecule has 20 heavy (non-hydrogen) atoms. The van der Waals surface area contributed by atoms with Crippen molar-refractivity contribution in [3.63, 3.8) is 0 Å². The van der Waals surface area contributed by atoms with Gasteiger partial charge in [-0.25, -0.2) is 9.67 Å². The molecule has 0 aliphatic rings. The predicted molar refractivity (Wildman–Crippen MR) is 80.4 cm³/mol. The van der Waals surface area contributed by atoms with E-state index >= 15 is 0 Å². The van der Waals surface area contributed by atoms with Crippen molar-refractivity contribution in [2.24, 2.45) is 11.7 Å². The first-order valence-electron chi connectivity index (χ1n) is 7.68. The SMILES string of the molecule is CCCC(CCN)CCC(=O)Cc1ncnn1C(C)C. The summed E-state index contributed by atoms with van der Waals surface area (Å²) in [6.45, 7) is 6.97. The second-order valence-electron chi connectivity index (χ2n) is 5.70. The van der Waals surface area contributed by atoms with Crippen LogP contribution >= 0.6 is 0 Å². The van der Waals surface area contributed by atoms with Crippen LogP contribution in [0.5, 0.6) is 0 Å². The van der Waals surface area contributed by atoms with Crippen LogP contribution in [0.2, 0.25) is 0 Å². The Hall–Kier alpha value is -1.23. The van der Waals surface area contributed by atoms with Crippen molar-refractivity contribution in [1.82, 2.24) is 14.8 Å². The van der Waals surface area contributed by atoms with Gasteiger partial charge in [0.2, 0.25) is 0 Å². The topological polar surface area (TPSA) is 73.8 Å². The third kappa shape index (κ3) is 5.41. The van der Waals surface area contributed by atoms with E-state index in [2.05, 4.69) is 17.0 Å². The Bertz CT molecular complexity index is 394. The van der Waals surface area contributed by atoms with Crippen LogP contribution in [0, 0.1) is 5.92 Å². The van der Waals surface area contributed by atoms with Crippen LogP contribution in [0.25, 0.3) is 0 Å². The molecule has 1 rings (SSSR count). The summed E-state index contributed by atoms with van der Waals surface area (Å²) in [5.74, 6) is 1.60. The zero-order chi connectivity index (χ0) is 15.0. The lowest BCUT2D eigenvalue weighted by atomic mass is 9.93. The maximum Gasteiger partial charge on any atom is 0.140 e. The van der Waals surface area contributed by atoms with E-state index in [9.17, 15) is 4.79 Å². The number of aromatic nitrogens is 3. The molecule has 1 aromatic rings.